The van der Waals surface area contributed by atoms with E-state index in [-0.39, 0.29) is 50.9 Å². The molecule has 2 aromatic rings. The van der Waals surface area contributed by atoms with Crippen LogP contribution in [0, 0.1) is 0 Å². The van der Waals surface area contributed by atoms with Crippen LogP contribution in [0.15, 0.2) is 48.5 Å². The fourth-order valence-electron chi connectivity index (χ4n) is 4.25. The third-order valence-electron chi connectivity index (χ3n) is 6.07. The molecule has 1 aliphatic heterocycles. The Balaban J connectivity index is 1.29. The Bertz CT molecular complexity index is 967. The molecule has 0 aromatic heterocycles. The van der Waals surface area contributed by atoms with Crippen LogP contribution in [0.1, 0.15) is 29.9 Å². The van der Waals surface area contributed by atoms with E-state index in [9.17, 15) is 19.5 Å². The first kappa shape index (κ1) is 20.9. The minimum atomic E-state index is -1.79. The molecule has 31 heavy (non-hydrogen) atoms. The van der Waals surface area contributed by atoms with Crippen LogP contribution in [0.2, 0.25) is 0 Å². The smallest absolute Gasteiger partial charge is 0.407 e. The molecule has 0 spiro atoms. The minimum absolute atomic E-state index is 0.0426. The average molecular weight is 424 g/mol. The van der Waals surface area contributed by atoms with Crippen LogP contribution >= 0.6 is 0 Å². The van der Waals surface area contributed by atoms with Crippen molar-refractivity contribution in [1.82, 2.24) is 10.2 Å². The van der Waals surface area contributed by atoms with Gasteiger partial charge in [-0.2, -0.15) is 0 Å². The Labute approximate surface area is 179 Å². The zero-order chi connectivity index (χ0) is 22.0. The van der Waals surface area contributed by atoms with Gasteiger partial charge >= 0.3 is 12.1 Å². The van der Waals surface area contributed by atoms with Gasteiger partial charge in [0.1, 0.15) is 13.2 Å². The highest BCUT2D eigenvalue weighted by molar-refractivity contribution is 5.83. The van der Waals surface area contributed by atoms with E-state index in [4.69, 9.17) is 9.84 Å². The highest BCUT2D eigenvalue weighted by Crippen LogP contribution is 2.44. The molecular formula is C23H24N2O6. The third-order valence-corrected chi connectivity index (χ3v) is 6.07. The van der Waals surface area contributed by atoms with Crippen molar-refractivity contribution in [3.05, 3.63) is 59.7 Å². The van der Waals surface area contributed by atoms with Crippen molar-refractivity contribution >= 4 is 18.0 Å². The molecule has 1 saturated heterocycles. The topological polar surface area (TPSA) is 116 Å². The largest absolute Gasteiger partial charge is 0.479 e. The van der Waals surface area contributed by atoms with Crippen molar-refractivity contribution in [2.24, 2.45) is 0 Å². The second-order valence-corrected chi connectivity index (χ2v) is 7.90. The molecule has 0 radical (unpaired) electrons. The fraction of sp³-hybridized carbons (Fsp3) is 0.348. The highest BCUT2D eigenvalue weighted by Gasteiger charge is 2.40. The third kappa shape index (κ3) is 4.11. The number of ether oxygens (including phenoxy) is 1. The number of aliphatic hydroxyl groups is 1. The molecule has 0 bridgehead atoms. The molecule has 3 N–H and O–H groups in total. The second kappa shape index (κ2) is 8.39. The summed E-state index contributed by atoms with van der Waals surface area (Å²) in [5.41, 5.74) is 2.68. The Morgan fingerprint density at radius 2 is 1.55 bits per heavy atom. The van der Waals surface area contributed by atoms with Crippen molar-refractivity contribution < 1.29 is 29.3 Å². The molecule has 0 atom stereocenters. The lowest BCUT2D eigenvalue weighted by Gasteiger charge is -2.35. The van der Waals surface area contributed by atoms with Gasteiger partial charge in [0.2, 0.25) is 5.91 Å². The van der Waals surface area contributed by atoms with Crippen molar-refractivity contribution in [1.29, 1.82) is 0 Å². The Morgan fingerprint density at radius 1 is 1.00 bits per heavy atom. The summed E-state index contributed by atoms with van der Waals surface area (Å²) in [7, 11) is 0. The lowest BCUT2D eigenvalue weighted by molar-refractivity contribution is -0.165. The van der Waals surface area contributed by atoms with Crippen molar-refractivity contribution in [2.75, 3.05) is 26.2 Å². The lowest BCUT2D eigenvalue weighted by Crippen LogP contribution is -2.52. The average Bonchev–Trinajstić information content (AvgIpc) is 3.10. The minimum Gasteiger partial charge on any atom is -0.479 e. The van der Waals surface area contributed by atoms with Crippen LogP contribution in [0.5, 0.6) is 0 Å². The standard InChI is InChI=1S/C23H24N2O6/c26-20(25-11-9-23(30,10-12-25)21(27)28)13-24-22(29)31-14-19-17-7-3-1-5-15(17)16-6-2-4-8-18(16)19/h1-8,19,30H,9-14H2,(H,24,29)(H,27,28). The van der Waals surface area contributed by atoms with Crippen LogP contribution in [0.25, 0.3) is 11.1 Å². The van der Waals surface area contributed by atoms with E-state index in [0.29, 0.717) is 0 Å². The number of hydrogen-bond acceptors (Lipinski definition) is 5. The number of carbonyl (C=O) groups is 3. The van der Waals surface area contributed by atoms with Gasteiger partial charge in [0.05, 0.1) is 0 Å². The molecule has 8 heteroatoms. The number of nitrogens with zero attached hydrogens (tertiary/aromatic N) is 1. The molecule has 4 rings (SSSR count). The number of carbonyl (C=O) groups excluding carboxylic acids is 2. The molecule has 0 saturated carbocycles. The van der Waals surface area contributed by atoms with Crippen molar-refractivity contribution in [2.45, 2.75) is 24.4 Å². The first-order valence-electron chi connectivity index (χ1n) is 10.2. The number of aliphatic carboxylic acids is 1. The Morgan fingerprint density at radius 3 is 2.10 bits per heavy atom. The first-order valence-corrected chi connectivity index (χ1v) is 10.2. The molecule has 2 amide bonds. The predicted octanol–water partition coefficient (Wildman–Crippen LogP) is 1.96. The van der Waals surface area contributed by atoms with E-state index in [1.165, 1.54) is 4.90 Å². The van der Waals surface area contributed by atoms with Gasteiger partial charge in [0.15, 0.2) is 5.60 Å². The zero-order valence-corrected chi connectivity index (χ0v) is 16.9. The molecule has 1 heterocycles. The molecule has 1 fully saturated rings. The summed E-state index contributed by atoms with van der Waals surface area (Å²) in [4.78, 5) is 37.0. The maximum atomic E-state index is 12.3. The highest BCUT2D eigenvalue weighted by atomic mass is 16.5. The summed E-state index contributed by atoms with van der Waals surface area (Å²) in [6.45, 7) is 0.146. The number of carboxylic acids is 1. The van der Waals surface area contributed by atoms with E-state index in [1.54, 1.807) is 0 Å². The number of amides is 2. The molecule has 2 aromatic carbocycles. The summed E-state index contributed by atoms with van der Waals surface area (Å²) in [6, 6.07) is 16.0. The van der Waals surface area contributed by atoms with E-state index in [1.807, 2.05) is 36.4 Å². The summed E-state index contributed by atoms with van der Waals surface area (Å²) < 4.78 is 5.40. The van der Waals surface area contributed by atoms with Crippen LogP contribution < -0.4 is 5.32 Å². The molecule has 8 nitrogen and oxygen atoms in total. The fourth-order valence-corrected chi connectivity index (χ4v) is 4.25. The number of piperidine rings is 1. The maximum absolute atomic E-state index is 12.3. The number of fused-ring (bicyclic) bond motifs is 3. The number of likely N-dealkylation sites (tertiary alicyclic amines) is 1. The van der Waals surface area contributed by atoms with Gasteiger partial charge < -0.3 is 25.2 Å². The number of benzene rings is 2. The first-order chi connectivity index (χ1) is 14.9. The molecule has 1 aliphatic carbocycles. The summed E-state index contributed by atoms with van der Waals surface area (Å²) in [5.74, 6) is -1.69. The monoisotopic (exact) mass is 424 g/mol. The SMILES string of the molecule is O=C(NCC(=O)N1CCC(O)(C(=O)O)CC1)OCC1c2ccccc2-c2ccccc21. The van der Waals surface area contributed by atoms with E-state index < -0.39 is 17.7 Å². The second-order valence-electron chi connectivity index (χ2n) is 7.90. The Hall–Kier alpha value is -3.39. The van der Waals surface area contributed by atoms with Crippen LogP contribution in [0.4, 0.5) is 4.79 Å². The van der Waals surface area contributed by atoms with Gasteiger partial charge in [-0.15, -0.1) is 0 Å². The van der Waals surface area contributed by atoms with Crippen LogP contribution in [-0.2, 0) is 14.3 Å². The summed E-state index contributed by atoms with van der Waals surface area (Å²) in [5, 5.41) is 21.5. The molecule has 2 aliphatic rings. The van der Waals surface area contributed by atoms with Crippen LogP contribution in [0.3, 0.4) is 0 Å². The number of hydrogen-bond donors (Lipinski definition) is 3. The van der Waals surface area contributed by atoms with Crippen molar-refractivity contribution in [3.63, 3.8) is 0 Å². The summed E-state index contributed by atoms with van der Waals surface area (Å²) >= 11 is 0. The van der Waals surface area contributed by atoms with Gasteiger partial charge in [0, 0.05) is 31.8 Å². The van der Waals surface area contributed by atoms with Gasteiger partial charge in [-0.25, -0.2) is 9.59 Å². The van der Waals surface area contributed by atoms with Crippen molar-refractivity contribution in [3.8, 4) is 11.1 Å². The van der Waals surface area contributed by atoms with Gasteiger partial charge in [-0.1, -0.05) is 48.5 Å². The normalized spacial score (nSPS) is 16.9. The lowest BCUT2D eigenvalue weighted by atomic mass is 9.91. The van der Waals surface area contributed by atoms with E-state index >= 15 is 0 Å². The number of rotatable bonds is 5. The number of nitrogens with one attached hydrogen (secondary N) is 1. The molecule has 0 unspecified atom stereocenters. The van der Waals surface area contributed by atoms with Gasteiger partial charge in [-0.3, -0.25) is 4.79 Å². The number of carboxylic acid groups (broad SMARTS) is 1. The maximum Gasteiger partial charge on any atom is 0.407 e. The quantitative estimate of drug-likeness (QED) is 0.676. The van der Waals surface area contributed by atoms with Gasteiger partial charge in [0.25, 0.3) is 0 Å². The predicted molar refractivity (Wildman–Crippen MR) is 111 cm³/mol. The van der Waals surface area contributed by atoms with E-state index in [0.717, 1.165) is 22.3 Å². The Kier molecular flexibility index (Phi) is 5.65. The van der Waals surface area contributed by atoms with Gasteiger partial charge in [-0.05, 0) is 22.3 Å². The molecular weight excluding hydrogens is 400 g/mol. The molecule has 162 valence electrons. The van der Waals surface area contributed by atoms with E-state index in [2.05, 4.69) is 17.4 Å². The zero-order valence-electron chi connectivity index (χ0n) is 16.9. The van der Waals surface area contributed by atoms with Crippen LogP contribution in [-0.4, -0.2) is 64.9 Å². The summed E-state index contributed by atoms with van der Waals surface area (Å²) in [6.07, 6.45) is -0.771. The number of alkyl carbamates (subject to hydrolysis) is 1.